The van der Waals surface area contributed by atoms with Crippen LogP contribution in [0.2, 0.25) is 0 Å². The van der Waals surface area contributed by atoms with Crippen molar-refractivity contribution in [3.63, 3.8) is 0 Å². The molecule has 0 saturated carbocycles. The lowest BCUT2D eigenvalue weighted by atomic mass is 10.0. The van der Waals surface area contributed by atoms with E-state index in [1.54, 1.807) is 24.4 Å². The summed E-state index contributed by atoms with van der Waals surface area (Å²) < 4.78 is 14.7. The number of benzene rings is 1. The summed E-state index contributed by atoms with van der Waals surface area (Å²) in [5, 5.41) is 6.08. The van der Waals surface area contributed by atoms with Crippen LogP contribution in [0.1, 0.15) is 54.6 Å². The third-order valence-corrected chi connectivity index (χ3v) is 7.32. The molecule has 0 spiro atoms. The van der Waals surface area contributed by atoms with Crippen LogP contribution in [-0.4, -0.2) is 70.8 Å². The number of hydrogen-bond acceptors (Lipinski definition) is 6. The van der Waals surface area contributed by atoms with Crippen LogP contribution in [0.15, 0.2) is 36.5 Å². The smallest absolute Gasteiger partial charge is 0.257 e. The van der Waals surface area contributed by atoms with Gasteiger partial charge < -0.3 is 21.3 Å². The molecule has 3 amide bonds. The number of pyridine rings is 1. The first-order valence-electron chi connectivity index (χ1n) is 13.3. The summed E-state index contributed by atoms with van der Waals surface area (Å²) in [6.45, 7) is 5.78. The molecule has 1 saturated heterocycles. The molecule has 3 heterocycles. The molecule has 1 fully saturated rings. The standard InChI is InChI=1S/C28H37FN6O3/c1-18(2)23-16-34(15-20-7-4-12-32-26(20)30)17-25(36)31-11-3-6-19-9-10-22(29)21(14-19)28(38)35-13-5-8-24(35)27(37)33-23/h4,7,9-10,12,14,18,23-24H,3,5-6,8,11,13,15-17H2,1-2H3,(H2,30,32)(H,31,36)(H,33,37)/t23-,24-/m0/s1. The Morgan fingerprint density at radius 1 is 1.18 bits per heavy atom. The molecule has 2 atom stereocenters. The average molecular weight is 525 g/mol. The number of carbonyl (C=O) groups is 3. The number of amides is 3. The van der Waals surface area contributed by atoms with E-state index >= 15 is 0 Å². The van der Waals surface area contributed by atoms with E-state index in [4.69, 9.17) is 5.73 Å². The van der Waals surface area contributed by atoms with Gasteiger partial charge in [-0.25, -0.2) is 9.37 Å². The number of nitrogens with one attached hydrogen (secondary N) is 2. The number of halogens is 1. The molecular weight excluding hydrogens is 487 g/mol. The Morgan fingerprint density at radius 3 is 2.76 bits per heavy atom. The summed E-state index contributed by atoms with van der Waals surface area (Å²) in [6, 6.07) is 7.25. The first-order valence-corrected chi connectivity index (χ1v) is 13.3. The zero-order valence-corrected chi connectivity index (χ0v) is 22.1. The van der Waals surface area contributed by atoms with E-state index in [0.29, 0.717) is 57.7 Å². The first-order chi connectivity index (χ1) is 18.2. The summed E-state index contributed by atoms with van der Waals surface area (Å²) in [4.78, 5) is 47.3. The Kier molecular flexibility index (Phi) is 8.93. The Balaban J connectivity index is 1.62. The van der Waals surface area contributed by atoms with Gasteiger partial charge in [-0.1, -0.05) is 26.0 Å². The van der Waals surface area contributed by atoms with E-state index in [9.17, 15) is 18.8 Å². The fourth-order valence-electron chi connectivity index (χ4n) is 5.10. The number of carbonyl (C=O) groups excluding carboxylic acids is 3. The molecule has 0 unspecified atom stereocenters. The van der Waals surface area contributed by atoms with Crippen LogP contribution in [-0.2, 0) is 22.6 Å². The van der Waals surface area contributed by atoms with E-state index < -0.39 is 17.8 Å². The maximum atomic E-state index is 14.7. The minimum absolute atomic E-state index is 0.0174. The van der Waals surface area contributed by atoms with Crippen molar-refractivity contribution in [3.8, 4) is 0 Å². The highest BCUT2D eigenvalue weighted by atomic mass is 19.1. The van der Waals surface area contributed by atoms with Crippen molar-refractivity contribution < 1.29 is 18.8 Å². The third-order valence-electron chi connectivity index (χ3n) is 7.32. The van der Waals surface area contributed by atoms with Gasteiger partial charge in [-0.05, 0) is 55.4 Å². The number of nitrogens with two attached hydrogens (primary N) is 1. The minimum Gasteiger partial charge on any atom is -0.383 e. The second-order valence-corrected chi connectivity index (χ2v) is 10.5. The quantitative estimate of drug-likeness (QED) is 0.566. The van der Waals surface area contributed by atoms with Crippen molar-refractivity contribution in [2.24, 2.45) is 5.92 Å². The van der Waals surface area contributed by atoms with Crippen molar-refractivity contribution in [1.29, 1.82) is 0 Å². The van der Waals surface area contributed by atoms with Crippen LogP contribution in [0.5, 0.6) is 0 Å². The number of hydrogen-bond donors (Lipinski definition) is 3. The van der Waals surface area contributed by atoms with E-state index in [1.807, 2.05) is 24.8 Å². The van der Waals surface area contributed by atoms with E-state index in [1.165, 1.54) is 11.0 Å². The molecule has 2 aromatic rings. The lowest BCUT2D eigenvalue weighted by Gasteiger charge is -2.32. The summed E-state index contributed by atoms with van der Waals surface area (Å²) in [5.74, 6) is -1.01. The first kappa shape index (κ1) is 27.5. The molecule has 204 valence electrons. The van der Waals surface area contributed by atoms with E-state index in [0.717, 1.165) is 11.1 Å². The fourth-order valence-corrected chi connectivity index (χ4v) is 5.10. The van der Waals surface area contributed by atoms with Crippen LogP contribution < -0.4 is 16.4 Å². The predicted octanol–water partition coefficient (Wildman–Crippen LogP) is 2.11. The SMILES string of the molecule is CC(C)[C@@H]1CN(Cc2cccnc2N)CC(=O)NCCCc2ccc(F)c(c2)C(=O)N2CCC[C@H]2C(=O)N1. The molecule has 4 N–H and O–H groups in total. The molecule has 0 radical (unpaired) electrons. The van der Waals surface area contributed by atoms with Gasteiger partial charge in [-0.15, -0.1) is 0 Å². The van der Waals surface area contributed by atoms with E-state index in [2.05, 4.69) is 15.6 Å². The highest BCUT2D eigenvalue weighted by Gasteiger charge is 2.37. The number of fused-ring (bicyclic) bond motifs is 3. The molecule has 2 aliphatic heterocycles. The number of nitrogens with zero attached hydrogens (tertiary/aromatic N) is 3. The van der Waals surface area contributed by atoms with Gasteiger partial charge in [-0.3, -0.25) is 19.3 Å². The van der Waals surface area contributed by atoms with E-state index in [-0.39, 0.29) is 35.9 Å². The van der Waals surface area contributed by atoms with Gasteiger partial charge in [0, 0.05) is 44.0 Å². The summed E-state index contributed by atoms with van der Waals surface area (Å²) in [7, 11) is 0. The average Bonchev–Trinajstić information content (AvgIpc) is 3.37. The van der Waals surface area contributed by atoms with Crippen LogP contribution in [0.25, 0.3) is 0 Å². The van der Waals surface area contributed by atoms with Gasteiger partial charge in [0.1, 0.15) is 17.7 Å². The lowest BCUT2D eigenvalue weighted by molar-refractivity contribution is -0.126. The number of anilines is 1. The number of rotatable bonds is 3. The Morgan fingerprint density at radius 2 is 2.00 bits per heavy atom. The van der Waals surface area contributed by atoms with Crippen molar-refractivity contribution in [3.05, 3.63) is 59.0 Å². The molecule has 2 aliphatic rings. The van der Waals surface area contributed by atoms with Crippen molar-refractivity contribution in [2.75, 3.05) is 31.9 Å². The normalized spacial score (nSPS) is 22.1. The maximum absolute atomic E-state index is 14.7. The van der Waals surface area contributed by atoms with Crippen LogP contribution in [0, 0.1) is 11.7 Å². The van der Waals surface area contributed by atoms with Crippen molar-refractivity contribution >= 4 is 23.5 Å². The number of nitrogen functional groups attached to an aromatic ring is 1. The zero-order chi connectivity index (χ0) is 27.2. The highest BCUT2D eigenvalue weighted by molar-refractivity contribution is 5.98. The molecule has 38 heavy (non-hydrogen) atoms. The molecular formula is C28H37FN6O3. The predicted molar refractivity (Wildman–Crippen MR) is 142 cm³/mol. The van der Waals surface area contributed by atoms with Crippen molar-refractivity contribution in [1.82, 2.24) is 25.4 Å². The van der Waals surface area contributed by atoms with Gasteiger partial charge in [0.2, 0.25) is 11.8 Å². The van der Waals surface area contributed by atoms with Gasteiger partial charge in [0.15, 0.2) is 0 Å². The molecule has 2 bridgehead atoms. The Bertz CT molecular complexity index is 1170. The number of aryl methyl sites for hydroxylation is 1. The van der Waals surface area contributed by atoms with Crippen LogP contribution in [0.4, 0.5) is 10.2 Å². The van der Waals surface area contributed by atoms with Crippen LogP contribution in [0.3, 0.4) is 0 Å². The summed E-state index contributed by atoms with van der Waals surface area (Å²) in [6.07, 6.45) is 4.03. The second kappa shape index (κ2) is 12.3. The molecule has 9 nitrogen and oxygen atoms in total. The molecule has 1 aromatic carbocycles. The largest absolute Gasteiger partial charge is 0.383 e. The highest BCUT2D eigenvalue weighted by Crippen LogP contribution is 2.23. The lowest BCUT2D eigenvalue weighted by Crippen LogP contribution is -2.53. The third kappa shape index (κ3) is 6.66. The fraction of sp³-hybridized carbons (Fsp3) is 0.500. The zero-order valence-electron chi connectivity index (χ0n) is 22.1. The molecule has 10 heteroatoms. The van der Waals surface area contributed by atoms with Gasteiger partial charge >= 0.3 is 0 Å². The van der Waals surface area contributed by atoms with Gasteiger partial charge in [0.25, 0.3) is 5.91 Å². The Labute approximate surface area is 223 Å². The monoisotopic (exact) mass is 524 g/mol. The topological polar surface area (TPSA) is 121 Å². The van der Waals surface area contributed by atoms with Crippen molar-refractivity contribution in [2.45, 2.75) is 58.2 Å². The summed E-state index contributed by atoms with van der Waals surface area (Å²) in [5.41, 5.74) is 7.67. The molecule has 4 rings (SSSR count). The molecule has 1 aromatic heterocycles. The maximum Gasteiger partial charge on any atom is 0.257 e. The van der Waals surface area contributed by atoms with Crippen LogP contribution >= 0.6 is 0 Å². The van der Waals surface area contributed by atoms with Gasteiger partial charge in [0.05, 0.1) is 12.1 Å². The van der Waals surface area contributed by atoms with Gasteiger partial charge in [-0.2, -0.15) is 0 Å². The summed E-state index contributed by atoms with van der Waals surface area (Å²) >= 11 is 0. The Hall–Kier alpha value is -3.53. The second-order valence-electron chi connectivity index (χ2n) is 10.5. The molecule has 0 aliphatic carbocycles. The number of aromatic nitrogens is 1. The minimum atomic E-state index is -0.673.